The second-order valence-electron chi connectivity index (χ2n) is 7.40. The Morgan fingerprint density at radius 1 is 1.30 bits per heavy atom. The number of rotatable bonds is 1. The van der Waals surface area contributed by atoms with Gasteiger partial charge in [0.15, 0.2) is 0 Å². The van der Waals surface area contributed by atoms with Crippen molar-refractivity contribution in [2.75, 3.05) is 33.3 Å². The van der Waals surface area contributed by atoms with Gasteiger partial charge in [0, 0.05) is 26.7 Å². The molecule has 0 aromatic heterocycles. The van der Waals surface area contributed by atoms with Crippen molar-refractivity contribution in [3.63, 3.8) is 0 Å². The summed E-state index contributed by atoms with van der Waals surface area (Å²) in [6.07, 6.45) is 2.39. The van der Waals surface area contributed by atoms with Gasteiger partial charge in [0.25, 0.3) is 0 Å². The molecule has 2 aliphatic rings. The molecule has 5 nitrogen and oxygen atoms in total. The maximum atomic E-state index is 12.4. The molecule has 2 fully saturated rings. The summed E-state index contributed by atoms with van der Waals surface area (Å²) >= 11 is 0. The number of hydrogen-bond donors (Lipinski definition) is 0. The van der Waals surface area contributed by atoms with E-state index in [0.717, 1.165) is 25.8 Å². The third kappa shape index (κ3) is 3.07. The minimum Gasteiger partial charge on any atom is -0.449 e. The molecule has 0 saturated carbocycles. The van der Waals surface area contributed by atoms with Crippen molar-refractivity contribution < 1.29 is 14.3 Å². The Bertz CT molecular complexity index is 402. The summed E-state index contributed by atoms with van der Waals surface area (Å²) in [6, 6.07) is 0. The molecule has 1 spiro atoms. The third-order valence-electron chi connectivity index (χ3n) is 4.19. The molecular weight excluding hydrogens is 256 g/mol. The average molecular weight is 282 g/mol. The van der Waals surface area contributed by atoms with Crippen LogP contribution >= 0.6 is 0 Å². The van der Waals surface area contributed by atoms with Crippen LogP contribution in [0, 0.1) is 10.8 Å². The van der Waals surface area contributed by atoms with Gasteiger partial charge in [-0.3, -0.25) is 4.79 Å². The van der Waals surface area contributed by atoms with Gasteiger partial charge in [-0.25, -0.2) is 4.79 Å². The standard InChI is InChI=1S/C15H26N2O3/c1-14(2,3)11-20-13(19)17-9-7-15(10-17)6-5-8-16(4)12(15)18/h5-11H2,1-4H3/t15-/m0/s1. The fraction of sp³-hybridized carbons (Fsp3) is 0.867. The zero-order chi connectivity index (χ0) is 15.0. The lowest BCUT2D eigenvalue weighted by Crippen LogP contribution is -2.48. The van der Waals surface area contributed by atoms with Crippen molar-refractivity contribution in [1.29, 1.82) is 0 Å². The average Bonchev–Trinajstić information content (AvgIpc) is 2.78. The molecule has 0 aliphatic carbocycles. The van der Waals surface area contributed by atoms with Gasteiger partial charge < -0.3 is 14.5 Å². The maximum absolute atomic E-state index is 12.4. The summed E-state index contributed by atoms with van der Waals surface area (Å²) in [5.74, 6) is 0.190. The predicted molar refractivity (Wildman–Crippen MR) is 76.3 cm³/mol. The highest BCUT2D eigenvalue weighted by atomic mass is 16.6. The lowest BCUT2D eigenvalue weighted by atomic mass is 9.78. The molecular formula is C15H26N2O3. The smallest absolute Gasteiger partial charge is 0.409 e. The number of piperidine rings is 1. The van der Waals surface area contributed by atoms with Gasteiger partial charge in [-0.2, -0.15) is 0 Å². The number of hydrogen-bond acceptors (Lipinski definition) is 3. The summed E-state index contributed by atoms with van der Waals surface area (Å²) in [7, 11) is 1.85. The van der Waals surface area contributed by atoms with Crippen LogP contribution in [-0.2, 0) is 9.53 Å². The number of carbonyl (C=O) groups excluding carboxylic acids is 2. The van der Waals surface area contributed by atoms with Crippen LogP contribution < -0.4 is 0 Å². The topological polar surface area (TPSA) is 49.9 Å². The Kier molecular flexibility index (Phi) is 3.98. The van der Waals surface area contributed by atoms with Crippen LogP contribution in [0.3, 0.4) is 0 Å². The predicted octanol–water partition coefficient (Wildman–Crippen LogP) is 2.11. The van der Waals surface area contributed by atoms with Gasteiger partial charge in [0.2, 0.25) is 5.91 Å². The molecule has 0 bridgehead atoms. The van der Waals surface area contributed by atoms with E-state index in [0.29, 0.717) is 19.7 Å². The van der Waals surface area contributed by atoms with Crippen molar-refractivity contribution in [2.45, 2.75) is 40.0 Å². The van der Waals surface area contributed by atoms with Crippen molar-refractivity contribution in [3.8, 4) is 0 Å². The van der Waals surface area contributed by atoms with Crippen LogP contribution in [0.15, 0.2) is 0 Å². The Balaban J connectivity index is 1.94. The molecule has 1 atom stereocenters. The molecule has 0 aromatic rings. The van der Waals surface area contributed by atoms with E-state index in [-0.39, 0.29) is 22.8 Å². The van der Waals surface area contributed by atoms with Crippen LogP contribution in [-0.4, -0.2) is 55.1 Å². The van der Waals surface area contributed by atoms with Gasteiger partial charge in [0.1, 0.15) is 0 Å². The fourth-order valence-electron chi connectivity index (χ4n) is 3.04. The van der Waals surface area contributed by atoms with E-state index in [1.807, 2.05) is 27.8 Å². The first-order chi connectivity index (χ1) is 9.23. The molecule has 2 heterocycles. The number of carbonyl (C=O) groups is 2. The Labute approximate surface area is 121 Å². The Hall–Kier alpha value is -1.26. The summed E-state index contributed by atoms with van der Waals surface area (Å²) in [5, 5.41) is 0. The highest BCUT2D eigenvalue weighted by molar-refractivity contribution is 5.85. The molecule has 20 heavy (non-hydrogen) atoms. The summed E-state index contributed by atoms with van der Waals surface area (Å²) in [6.45, 7) is 8.47. The van der Waals surface area contributed by atoms with Gasteiger partial charge in [-0.05, 0) is 24.7 Å². The fourth-order valence-corrected chi connectivity index (χ4v) is 3.04. The van der Waals surface area contributed by atoms with E-state index in [9.17, 15) is 9.59 Å². The van der Waals surface area contributed by atoms with Crippen LogP contribution in [0.25, 0.3) is 0 Å². The first-order valence-electron chi connectivity index (χ1n) is 7.41. The monoisotopic (exact) mass is 282 g/mol. The van der Waals surface area contributed by atoms with Crippen molar-refractivity contribution in [1.82, 2.24) is 9.80 Å². The second kappa shape index (κ2) is 5.26. The molecule has 2 saturated heterocycles. The van der Waals surface area contributed by atoms with Crippen LogP contribution in [0.1, 0.15) is 40.0 Å². The Morgan fingerprint density at radius 3 is 2.65 bits per heavy atom. The van der Waals surface area contributed by atoms with Crippen molar-refractivity contribution in [3.05, 3.63) is 0 Å². The van der Waals surface area contributed by atoms with E-state index in [1.54, 1.807) is 9.80 Å². The first kappa shape index (κ1) is 15.1. The summed E-state index contributed by atoms with van der Waals surface area (Å²) in [5.41, 5.74) is -0.387. The highest BCUT2D eigenvalue weighted by Gasteiger charge is 2.49. The molecule has 2 rings (SSSR count). The molecule has 0 radical (unpaired) electrons. The van der Waals surface area contributed by atoms with E-state index in [1.165, 1.54) is 0 Å². The molecule has 5 heteroatoms. The molecule has 114 valence electrons. The maximum Gasteiger partial charge on any atom is 0.409 e. The van der Waals surface area contributed by atoms with Crippen molar-refractivity contribution >= 4 is 12.0 Å². The molecule has 2 amide bonds. The van der Waals surface area contributed by atoms with E-state index in [2.05, 4.69) is 0 Å². The molecule has 0 aromatic carbocycles. The summed E-state index contributed by atoms with van der Waals surface area (Å²) in [4.78, 5) is 28.0. The zero-order valence-electron chi connectivity index (χ0n) is 13.1. The highest BCUT2D eigenvalue weighted by Crippen LogP contribution is 2.39. The lowest BCUT2D eigenvalue weighted by molar-refractivity contribution is -0.143. The Morgan fingerprint density at radius 2 is 2.00 bits per heavy atom. The molecule has 2 aliphatic heterocycles. The van der Waals surface area contributed by atoms with E-state index < -0.39 is 0 Å². The normalized spacial score (nSPS) is 27.3. The van der Waals surface area contributed by atoms with Gasteiger partial charge in [-0.1, -0.05) is 20.8 Å². The van der Waals surface area contributed by atoms with E-state index >= 15 is 0 Å². The van der Waals surface area contributed by atoms with Gasteiger partial charge >= 0.3 is 6.09 Å². The van der Waals surface area contributed by atoms with Gasteiger partial charge in [0.05, 0.1) is 12.0 Å². The third-order valence-corrected chi connectivity index (χ3v) is 4.19. The SMILES string of the molecule is CN1CCC[C@@]2(CCN(C(=O)OCC(C)(C)C)C2)C1=O. The minimum absolute atomic E-state index is 0.0338. The minimum atomic E-state index is -0.353. The van der Waals surface area contributed by atoms with E-state index in [4.69, 9.17) is 4.74 Å². The second-order valence-corrected chi connectivity index (χ2v) is 7.40. The number of amides is 2. The van der Waals surface area contributed by atoms with Crippen LogP contribution in [0.2, 0.25) is 0 Å². The molecule has 0 N–H and O–H groups in total. The summed E-state index contributed by atoms with van der Waals surface area (Å²) < 4.78 is 5.35. The number of ether oxygens (including phenoxy) is 1. The first-order valence-corrected chi connectivity index (χ1v) is 7.41. The van der Waals surface area contributed by atoms with Crippen LogP contribution in [0.5, 0.6) is 0 Å². The van der Waals surface area contributed by atoms with Crippen molar-refractivity contribution in [2.24, 2.45) is 10.8 Å². The quantitative estimate of drug-likeness (QED) is 0.740. The number of likely N-dealkylation sites (tertiary alicyclic amines) is 2. The number of nitrogens with zero attached hydrogens (tertiary/aromatic N) is 2. The molecule has 0 unspecified atom stereocenters. The largest absolute Gasteiger partial charge is 0.449 e. The zero-order valence-corrected chi connectivity index (χ0v) is 13.1. The van der Waals surface area contributed by atoms with Gasteiger partial charge in [-0.15, -0.1) is 0 Å². The lowest BCUT2D eigenvalue weighted by Gasteiger charge is -2.37. The van der Waals surface area contributed by atoms with Crippen LogP contribution in [0.4, 0.5) is 4.79 Å².